The van der Waals surface area contributed by atoms with Crippen LogP contribution in [0.3, 0.4) is 0 Å². The third-order valence-corrected chi connectivity index (χ3v) is 3.91. The Morgan fingerprint density at radius 1 is 1.53 bits per heavy atom. The summed E-state index contributed by atoms with van der Waals surface area (Å²) in [5, 5.41) is 4.21. The Morgan fingerprint density at radius 2 is 2.37 bits per heavy atom. The first-order valence-corrected chi connectivity index (χ1v) is 6.64. The maximum atomic E-state index is 12.5. The molecule has 100 valence electrons. The van der Waals surface area contributed by atoms with Crippen LogP contribution in [0.15, 0.2) is 30.6 Å². The van der Waals surface area contributed by atoms with Crippen LogP contribution in [0, 0.1) is 5.92 Å². The van der Waals surface area contributed by atoms with Gasteiger partial charge in [-0.05, 0) is 31.4 Å². The van der Waals surface area contributed by atoms with Crippen molar-refractivity contribution in [3.63, 3.8) is 0 Å². The van der Waals surface area contributed by atoms with Gasteiger partial charge in [0.15, 0.2) is 0 Å². The van der Waals surface area contributed by atoms with Gasteiger partial charge >= 0.3 is 0 Å². The van der Waals surface area contributed by atoms with Gasteiger partial charge in [-0.25, -0.2) is 4.52 Å². The number of hydrogen-bond donors (Lipinski definition) is 1. The van der Waals surface area contributed by atoms with Gasteiger partial charge < -0.3 is 10.6 Å². The fraction of sp³-hybridized carbons (Fsp3) is 0.429. The first kappa shape index (κ1) is 12.2. The topological polar surface area (TPSA) is 63.6 Å². The van der Waals surface area contributed by atoms with Crippen molar-refractivity contribution >= 4 is 11.4 Å². The van der Waals surface area contributed by atoms with Gasteiger partial charge in [-0.1, -0.05) is 6.07 Å². The Balaban J connectivity index is 1.85. The molecule has 5 heteroatoms. The Morgan fingerprint density at radius 3 is 3.11 bits per heavy atom. The number of carbonyl (C=O) groups excluding carboxylic acids is 1. The van der Waals surface area contributed by atoms with E-state index in [1.807, 2.05) is 36.2 Å². The highest BCUT2D eigenvalue weighted by Crippen LogP contribution is 2.22. The van der Waals surface area contributed by atoms with Crippen LogP contribution < -0.4 is 5.73 Å². The van der Waals surface area contributed by atoms with Crippen molar-refractivity contribution in [3.8, 4) is 0 Å². The van der Waals surface area contributed by atoms with Crippen LogP contribution in [-0.2, 0) is 0 Å². The zero-order chi connectivity index (χ0) is 13.4. The molecule has 0 saturated carbocycles. The molecule has 0 aromatic carbocycles. The van der Waals surface area contributed by atoms with Crippen LogP contribution >= 0.6 is 0 Å². The Hall–Kier alpha value is -1.88. The summed E-state index contributed by atoms with van der Waals surface area (Å²) < 4.78 is 1.73. The van der Waals surface area contributed by atoms with E-state index in [9.17, 15) is 4.79 Å². The highest BCUT2D eigenvalue weighted by molar-refractivity contribution is 6.00. The van der Waals surface area contributed by atoms with Gasteiger partial charge in [0.05, 0.1) is 17.3 Å². The van der Waals surface area contributed by atoms with E-state index in [1.54, 1.807) is 10.7 Å². The fourth-order valence-corrected chi connectivity index (χ4v) is 2.67. The van der Waals surface area contributed by atoms with E-state index in [0.29, 0.717) is 11.5 Å². The van der Waals surface area contributed by atoms with E-state index in [2.05, 4.69) is 5.10 Å². The van der Waals surface area contributed by atoms with E-state index in [-0.39, 0.29) is 11.9 Å². The third kappa shape index (κ3) is 2.10. The van der Waals surface area contributed by atoms with Crippen LogP contribution in [-0.4, -0.2) is 39.6 Å². The van der Waals surface area contributed by atoms with Crippen molar-refractivity contribution in [2.24, 2.45) is 11.7 Å². The van der Waals surface area contributed by atoms with Crippen LogP contribution in [0.4, 0.5) is 0 Å². The maximum absolute atomic E-state index is 12.5. The second-order valence-corrected chi connectivity index (χ2v) is 5.25. The van der Waals surface area contributed by atoms with Crippen molar-refractivity contribution in [1.82, 2.24) is 14.5 Å². The molecule has 0 spiro atoms. The molecule has 19 heavy (non-hydrogen) atoms. The molecular formula is C14H18N4O. The second-order valence-electron chi connectivity index (χ2n) is 5.25. The lowest BCUT2D eigenvalue weighted by atomic mass is 10.0. The molecule has 1 saturated heterocycles. The van der Waals surface area contributed by atoms with Gasteiger partial charge in [-0.15, -0.1) is 0 Å². The van der Waals surface area contributed by atoms with E-state index >= 15 is 0 Å². The molecule has 0 radical (unpaired) electrons. The van der Waals surface area contributed by atoms with Crippen LogP contribution in [0.2, 0.25) is 0 Å². The standard InChI is InChI=1S/C14H18N4O/c1-10(15)11-5-7-17(9-11)14(19)12-8-16-18-6-3-2-4-13(12)18/h2-4,6,8,10-11H,5,7,9,15H2,1H3. The quantitative estimate of drug-likeness (QED) is 0.878. The van der Waals surface area contributed by atoms with Crippen molar-refractivity contribution in [3.05, 3.63) is 36.2 Å². The summed E-state index contributed by atoms with van der Waals surface area (Å²) in [5.74, 6) is 0.468. The summed E-state index contributed by atoms with van der Waals surface area (Å²) in [6.45, 7) is 3.55. The Kier molecular flexibility index (Phi) is 2.98. The van der Waals surface area contributed by atoms with Gasteiger partial charge in [0.2, 0.25) is 0 Å². The molecule has 1 amide bonds. The average molecular weight is 258 g/mol. The van der Waals surface area contributed by atoms with Crippen LogP contribution in [0.5, 0.6) is 0 Å². The zero-order valence-electron chi connectivity index (χ0n) is 11.0. The van der Waals surface area contributed by atoms with Crippen molar-refractivity contribution in [1.29, 1.82) is 0 Å². The molecule has 2 N–H and O–H groups in total. The number of amides is 1. The first-order valence-electron chi connectivity index (χ1n) is 6.64. The molecule has 2 aromatic rings. The van der Waals surface area contributed by atoms with Gasteiger partial charge in [0.1, 0.15) is 0 Å². The minimum Gasteiger partial charge on any atom is -0.338 e. The smallest absolute Gasteiger partial charge is 0.257 e. The number of nitrogens with zero attached hydrogens (tertiary/aromatic N) is 3. The lowest BCUT2D eigenvalue weighted by Crippen LogP contribution is -2.32. The minimum absolute atomic E-state index is 0.0596. The van der Waals surface area contributed by atoms with E-state index in [0.717, 1.165) is 25.0 Å². The van der Waals surface area contributed by atoms with Gasteiger partial charge in [0.25, 0.3) is 5.91 Å². The summed E-state index contributed by atoms with van der Waals surface area (Å²) in [6, 6.07) is 5.87. The largest absolute Gasteiger partial charge is 0.338 e. The Bertz CT molecular complexity index is 604. The van der Waals surface area contributed by atoms with Gasteiger partial charge in [0, 0.05) is 25.3 Å². The van der Waals surface area contributed by atoms with Crippen LogP contribution in [0.1, 0.15) is 23.7 Å². The Labute approximate surface area is 112 Å². The predicted molar refractivity (Wildman–Crippen MR) is 72.9 cm³/mol. The number of aromatic nitrogens is 2. The SMILES string of the molecule is CC(N)C1CCN(C(=O)c2cnn3ccccc23)C1. The minimum atomic E-state index is 0.0596. The average Bonchev–Trinajstić information content (AvgIpc) is 3.05. The normalized spacial score (nSPS) is 20.9. The number of likely N-dealkylation sites (tertiary alicyclic amines) is 1. The molecule has 3 rings (SSSR count). The number of pyridine rings is 1. The molecule has 2 aromatic heterocycles. The highest BCUT2D eigenvalue weighted by atomic mass is 16.2. The molecule has 1 aliphatic rings. The molecule has 1 aliphatic heterocycles. The summed E-state index contributed by atoms with van der Waals surface area (Å²) in [5.41, 5.74) is 7.45. The molecule has 1 fully saturated rings. The predicted octanol–water partition coefficient (Wildman–Crippen LogP) is 1.14. The molecule has 3 heterocycles. The third-order valence-electron chi connectivity index (χ3n) is 3.91. The summed E-state index contributed by atoms with van der Waals surface area (Å²) in [4.78, 5) is 14.4. The maximum Gasteiger partial charge on any atom is 0.257 e. The number of fused-ring (bicyclic) bond motifs is 1. The number of carbonyl (C=O) groups is 1. The molecule has 0 bridgehead atoms. The fourth-order valence-electron chi connectivity index (χ4n) is 2.67. The molecule has 0 aliphatic carbocycles. The van der Waals surface area contributed by atoms with Crippen molar-refractivity contribution in [2.45, 2.75) is 19.4 Å². The van der Waals surface area contributed by atoms with Crippen molar-refractivity contribution in [2.75, 3.05) is 13.1 Å². The van der Waals surface area contributed by atoms with Gasteiger partial charge in [-0.2, -0.15) is 5.10 Å². The molecule has 5 nitrogen and oxygen atoms in total. The summed E-state index contributed by atoms with van der Waals surface area (Å²) in [7, 11) is 0. The zero-order valence-corrected chi connectivity index (χ0v) is 11.0. The summed E-state index contributed by atoms with van der Waals surface area (Å²) in [6.07, 6.45) is 4.49. The van der Waals surface area contributed by atoms with Crippen molar-refractivity contribution < 1.29 is 4.79 Å². The summed E-state index contributed by atoms with van der Waals surface area (Å²) >= 11 is 0. The van der Waals surface area contributed by atoms with Gasteiger partial charge in [-0.3, -0.25) is 4.79 Å². The first-order chi connectivity index (χ1) is 9.16. The number of hydrogen-bond acceptors (Lipinski definition) is 3. The van der Waals surface area contributed by atoms with Crippen LogP contribution in [0.25, 0.3) is 5.52 Å². The van der Waals surface area contributed by atoms with E-state index in [4.69, 9.17) is 5.73 Å². The lowest BCUT2D eigenvalue weighted by molar-refractivity contribution is 0.0788. The molecule has 2 unspecified atom stereocenters. The monoisotopic (exact) mass is 258 g/mol. The number of rotatable bonds is 2. The number of nitrogens with two attached hydrogens (primary N) is 1. The molecule has 2 atom stereocenters. The van der Waals surface area contributed by atoms with E-state index in [1.165, 1.54) is 0 Å². The second kappa shape index (κ2) is 4.66. The van der Waals surface area contributed by atoms with E-state index < -0.39 is 0 Å². The molecular weight excluding hydrogens is 240 g/mol. The highest BCUT2D eigenvalue weighted by Gasteiger charge is 2.30. The lowest BCUT2D eigenvalue weighted by Gasteiger charge is -2.17.